The van der Waals surface area contributed by atoms with Gasteiger partial charge in [0.05, 0.1) is 22.6 Å². The molecule has 2 aromatic heterocycles. The van der Waals surface area contributed by atoms with Crippen LogP contribution >= 0.6 is 11.6 Å². The molecular weight excluding hydrogens is 268 g/mol. The number of primary amides is 1. The van der Waals surface area contributed by atoms with E-state index in [-0.39, 0.29) is 5.88 Å². The molecular formula is C12H9ClN4O2. The lowest BCUT2D eigenvalue weighted by molar-refractivity contribution is 0.210. The Morgan fingerprint density at radius 3 is 2.95 bits per heavy atom. The third-order valence-corrected chi connectivity index (χ3v) is 3.04. The van der Waals surface area contributed by atoms with Gasteiger partial charge in [-0.15, -0.1) is 0 Å². The zero-order valence-corrected chi connectivity index (χ0v) is 10.7. The number of nitrogens with zero attached hydrogens (tertiary/aromatic N) is 3. The fraction of sp³-hybridized carbons (Fsp3) is 0.0833. The number of benzene rings is 1. The van der Waals surface area contributed by atoms with Gasteiger partial charge in [0.2, 0.25) is 5.88 Å². The van der Waals surface area contributed by atoms with Gasteiger partial charge in [-0.25, -0.2) is 9.78 Å². The lowest BCUT2D eigenvalue weighted by atomic mass is 10.1. The second-order valence-corrected chi connectivity index (χ2v) is 4.47. The molecule has 0 aliphatic heterocycles. The molecule has 0 spiro atoms. The van der Waals surface area contributed by atoms with Crippen LogP contribution < -0.4 is 10.5 Å². The van der Waals surface area contributed by atoms with Gasteiger partial charge in [0.1, 0.15) is 0 Å². The van der Waals surface area contributed by atoms with Gasteiger partial charge in [-0.05, 0) is 18.2 Å². The van der Waals surface area contributed by atoms with E-state index in [0.717, 1.165) is 10.9 Å². The van der Waals surface area contributed by atoms with Crippen molar-refractivity contribution in [3.8, 4) is 5.88 Å². The Morgan fingerprint density at radius 2 is 2.21 bits per heavy atom. The average Bonchev–Trinajstić information content (AvgIpc) is 2.71. The van der Waals surface area contributed by atoms with Crippen molar-refractivity contribution in [3.05, 3.63) is 29.4 Å². The van der Waals surface area contributed by atoms with Gasteiger partial charge >= 0.3 is 6.09 Å². The second kappa shape index (κ2) is 4.10. The number of carbonyl (C=O) groups excluding carboxylic acids is 1. The first kappa shape index (κ1) is 11.7. The van der Waals surface area contributed by atoms with Gasteiger partial charge in [0.25, 0.3) is 0 Å². The minimum absolute atomic E-state index is 0.130. The average molecular weight is 277 g/mol. The lowest BCUT2D eigenvalue weighted by Crippen LogP contribution is -2.17. The van der Waals surface area contributed by atoms with Crippen molar-refractivity contribution in [2.75, 3.05) is 0 Å². The lowest BCUT2D eigenvalue weighted by Gasteiger charge is -2.06. The molecule has 0 atom stereocenters. The highest BCUT2D eigenvalue weighted by atomic mass is 35.5. The van der Waals surface area contributed by atoms with Crippen LogP contribution in [0.1, 0.15) is 0 Å². The molecule has 0 fully saturated rings. The van der Waals surface area contributed by atoms with Gasteiger partial charge < -0.3 is 10.5 Å². The molecule has 2 heterocycles. The van der Waals surface area contributed by atoms with Crippen molar-refractivity contribution in [2.24, 2.45) is 12.8 Å². The fourth-order valence-electron chi connectivity index (χ4n) is 2.05. The highest BCUT2D eigenvalue weighted by molar-refractivity contribution is 6.31. The number of ether oxygens (including phenoxy) is 1. The summed E-state index contributed by atoms with van der Waals surface area (Å²) in [6.07, 6.45) is 0.660. The van der Waals surface area contributed by atoms with E-state index in [1.54, 1.807) is 30.1 Å². The smallest absolute Gasteiger partial charge is 0.391 e. The Bertz CT molecular complexity index is 812. The predicted molar refractivity (Wildman–Crippen MR) is 71.2 cm³/mol. The number of amides is 1. The summed E-state index contributed by atoms with van der Waals surface area (Å²) in [7, 11) is 1.80. The van der Waals surface area contributed by atoms with E-state index < -0.39 is 6.09 Å². The fourth-order valence-corrected chi connectivity index (χ4v) is 2.22. The number of pyridine rings is 1. The predicted octanol–water partition coefficient (Wildman–Crippen LogP) is 2.23. The Morgan fingerprint density at radius 1 is 1.42 bits per heavy atom. The minimum Gasteiger partial charge on any atom is -0.391 e. The Hall–Kier alpha value is -2.34. The van der Waals surface area contributed by atoms with Crippen molar-refractivity contribution >= 4 is 39.5 Å². The van der Waals surface area contributed by atoms with Gasteiger partial charge in [-0.2, -0.15) is 5.10 Å². The Kier molecular flexibility index (Phi) is 2.53. The molecule has 0 saturated carbocycles. The second-order valence-electron chi connectivity index (χ2n) is 4.03. The number of rotatable bonds is 1. The number of carbonyl (C=O) groups is 1. The van der Waals surface area contributed by atoms with Gasteiger partial charge in [-0.3, -0.25) is 4.68 Å². The molecule has 3 rings (SSSR count). The van der Waals surface area contributed by atoms with Crippen molar-refractivity contribution in [1.82, 2.24) is 14.8 Å². The third-order valence-electron chi connectivity index (χ3n) is 2.80. The molecule has 0 radical (unpaired) electrons. The van der Waals surface area contributed by atoms with Crippen molar-refractivity contribution in [3.63, 3.8) is 0 Å². The largest absolute Gasteiger partial charge is 0.411 e. The molecule has 0 aliphatic rings. The van der Waals surface area contributed by atoms with Crippen LogP contribution in [-0.2, 0) is 7.05 Å². The Labute approximate surface area is 112 Å². The molecule has 0 bridgehead atoms. The molecule has 6 nitrogen and oxygen atoms in total. The first-order valence-corrected chi connectivity index (χ1v) is 5.82. The van der Waals surface area contributed by atoms with E-state index in [1.165, 1.54) is 0 Å². The number of hydrogen-bond donors (Lipinski definition) is 1. The van der Waals surface area contributed by atoms with Crippen LogP contribution in [-0.4, -0.2) is 20.9 Å². The third kappa shape index (κ3) is 1.86. The Balaban J connectivity index is 2.44. The van der Waals surface area contributed by atoms with E-state index >= 15 is 0 Å². The summed E-state index contributed by atoms with van der Waals surface area (Å²) >= 11 is 5.95. The summed E-state index contributed by atoms with van der Waals surface area (Å²) in [6.45, 7) is 0. The van der Waals surface area contributed by atoms with Gasteiger partial charge in [-0.1, -0.05) is 11.6 Å². The number of fused-ring (bicyclic) bond motifs is 3. The van der Waals surface area contributed by atoms with E-state index in [4.69, 9.17) is 22.1 Å². The monoisotopic (exact) mass is 276 g/mol. The topological polar surface area (TPSA) is 83.0 Å². The van der Waals surface area contributed by atoms with Crippen LogP contribution in [0, 0.1) is 0 Å². The summed E-state index contributed by atoms with van der Waals surface area (Å²) in [6, 6.07) is 5.31. The van der Waals surface area contributed by atoms with E-state index in [0.29, 0.717) is 15.9 Å². The van der Waals surface area contributed by atoms with E-state index in [1.807, 2.05) is 6.07 Å². The molecule has 3 aromatic rings. The van der Waals surface area contributed by atoms with Crippen LogP contribution in [0.25, 0.3) is 21.8 Å². The maximum atomic E-state index is 10.9. The summed E-state index contributed by atoms with van der Waals surface area (Å²) in [5.74, 6) is 0.130. The summed E-state index contributed by atoms with van der Waals surface area (Å²) < 4.78 is 6.60. The first-order chi connectivity index (χ1) is 9.06. The quantitative estimate of drug-likeness (QED) is 0.739. The molecule has 0 aliphatic carbocycles. The first-order valence-electron chi connectivity index (χ1n) is 5.44. The van der Waals surface area contributed by atoms with Gasteiger partial charge in [0, 0.05) is 17.5 Å². The number of hydrogen-bond acceptors (Lipinski definition) is 4. The number of aromatic nitrogens is 3. The van der Waals surface area contributed by atoms with Crippen LogP contribution in [0.2, 0.25) is 5.02 Å². The molecule has 1 amide bonds. The zero-order valence-electron chi connectivity index (χ0n) is 9.92. The van der Waals surface area contributed by atoms with Crippen molar-refractivity contribution in [1.29, 1.82) is 0 Å². The van der Waals surface area contributed by atoms with E-state index in [2.05, 4.69) is 10.1 Å². The minimum atomic E-state index is -0.918. The maximum Gasteiger partial charge on any atom is 0.411 e. The molecule has 0 saturated heterocycles. The van der Waals surface area contributed by atoms with Crippen LogP contribution in [0.5, 0.6) is 5.88 Å². The number of aryl methyl sites for hydroxylation is 1. The van der Waals surface area contributed by atoms with Gasteiger partial charge in [0.15, 0.2) is 0 Å². The summed E-state index contributed by atoms with van der Waals surface area (Å²) in [5, 5.41) is 6.19. The molecule has 96 valence electrons. The molecule has 19 heavy (non-hydrogen) atoms. The summed E-state index contributed by atoms with van der Waals surface area (Å²) in [4.78, 5) is 15.2. The summed E-state index contributed by atoms with van der Waals surface area (Å²) in [5.41, 5.74) is 6.46. The van der Waals surface area contributed by atoms with E-state index in [9.17, 15) is 4.79 Å². The standard InChI is InChI=1S/C12H9ClN4O2/c1-17-10-7-3-2-6(13)4-9(7)16-11(19-12(14)18)8(10)5-15-17/h2-5H,1H3,(H2,14,18). The number of nitrogens with two attached hydrogens (primary N) is 1. The van der Waals surface area contributed by atoms with Crippen LogP contribution in [0.15, 0.2) is 24.4 Å². The van der Waals surface area contributed by atoms with Crippen molar-refractivity contribution < 1.29 is 9.53 Å². The molecule has 2 N–H and O–H groups in total. The molecule has 1 aromatic carbocycles. The zero-order chi connectivity index (χ0) is 13.6. The maximum absolute atomic E-state index is 10.9. The molecule has 0 unspecified atom stereocenters. The number of halogens is 1. The highest BCUT2D eigenvalue weighted by Crippen LogP contribution is 2.31. The SMILES string of the molecule is Cn1ncc2c(OC(N)=O)nc3cc(Cl)ccc3c21. The van der Waals surface area contributed by atoms with Crippen LogP contribution in [0.3, 0.4) is 0 Å². The molecule has 7 heteroatoms. The van der Waals surface area contributed by atoms with Crippen LogP contribution in [0.4, 0.5) is 4.79 Å². The highest BCUT2D eigenvalue weighted by Gasteiger charge is 2.15. The van der Waals surface area contributed by atoms with Crippen molar-refractivity contribution in [2.45, 2.75) is 0 Å². The normalized spacial score (nSPS) is 11.1.